The monoisotopic (exact) mass is 229 g/mol. The van der Waals surface area contributed by atoms with Gasteiger partial charge in [0.25, 0.3) is 0 Å². The Morgan fingerprint density at radius 1 is 1.38 bits per heavy atom. The summed E-state index contributed by atoms with van der Waals surface area (Å²) >= 11 is 0. The van der Waals surface area contributed by atoms with Gasteiger partial charge in [-0.3, -0.25) is 9.59 Å². The van der Waals surface area contributed by atoms with E-state index in [0.29, 0.717) is 13.0 Å². The molecule has 1 fully saturated rings. The standard InChI is InChI=1S/C11H19NO4/c1-11(2,3)16-10(15)8-7(9(13)14)5-4-6-12-8/h7-8,12H,4-6H2,1-3H3,(H,13,14)/t7-,8+/m0/s1. The fourth-order valence-corrected chi connectivity index (χ4v) is 1.77. The molecule has 1 aliphatic rings. The summed E-state index contributed by atoms with van der Waals surface area (Å²) in [7, 11) is 0. The molecule has 0 radical (unpaired) electrons. The highest BCUT2D eigenvalue weighted by Crippen LogP contribution is 2.20. The molecular formula is C11H19NO4. The van der Waals surface area contributed by atoms with Crippen LogP contribution in [0.2, 0.25) is 0 Å². The van der Waals surface area contributed by atoms with Crippen LogP contribution in [0.3, 0.4) is 0 Å². The zero-order valence-corrected chi connectivity index (χ0v) is 9.95. The average Bonchev–Trinajstić information content (AvgIpc) is 2.15. The van der Waals surface area contributed by atoms with Gasteiger partial charge in [-0.1, -0.05) is 0 Å². The number of carbonyl (C=O) groups excluding carboxylic acids is 1. The summed E-state index contributed by atoms with van der Waals surface area (Å²) in [4.78, 5) is 22.8. The molecule has 16 heavy (non-hydrogen) atoms. The number of piperidine rings is 1. The summed E-state index contributed by atoms with van der Waals surface area (Å²) in [6.45, 7) is 5.96. The van der Waals surface area contributed by atoms with Crippen molar-refractivity contribution in [2.75, 3.05) is 6.54 Å². The smallest absolute Gasteiger partial charge is 0.324 e. The van der Waals surface area contributed by atoms with E-state index in [2.05, 4.69) is 5.32 Å². The van der Waals surface area contributed by atoms with Crippen LogP contribution in [-0.4, -0.2) is 35.2 Å². The minimum Gasteiger partial charge on any atom is -0.481 e. The van der Waals surface area contributed by atoms with Crippen molar-refractivity contribution in [2.45, 2.75) is 45.3 Å². The first-order valence-corrected chi connectivity index (χ1v) is 5.50. The number of aliphatic carboxylic acids is 1. The summed E-state index contributed by atoms with van der Waals surface area (Å²) in [6, 6.07) is -0.717. The molecule has 0 amide bonds. The predicted molar refractivity (Wildman–Crippen MR) is 58.0 cm³/mol. The van der Waals surface area contributed by atoms with E-state index in [-0.39, 0.29) is 0 Å². The van der Waals surface area contributed by atoms with Crippen molar-refractivity contribution in [3.05, 3.63) is 0 Å². The van der Waals surface area contributed by atoms with E-state index < -0.39 is 29.5 Å². The number of hydrogen-bond donors (Lipinski definition) is 2. The van der Waals surface area contributed by atoms with Crippen molar-refractivity contribution < 1.29 is 19.4 Å². The number of carboxylic acids is 1. The minimum atomic E-state index is -0.942. The third kappa shape index (κ3) is 3.48. The summed E-state index contributed by atoms with van der Waals surface area (Å²) < 4.78 is 5.19. The Hall–Kier alpha value is -1.10. The molecule has 0 bridgehead atoms. The molecule has 0 aliphatic carbocycles. The second-order valence-corrected chi connectivity index (χ2v) is 5.05. The number of esters is 1. The second kappa shape index (κ2) is 4.82. The van der Waals surface area contributed by atoms with Crippen LogP contribution >= 0.6 is 0 Å². The van der Waals surface area contributed by atoms with Crippen LogP contribution in [0.1, 0.15) is 33.6 Å². The van der Waals surface area contributed by atoms with Gasteiger partial charge in [-0.05, 0) is 40.2 Å². The number of ether oxygens (including phenoxy) is 1. The van der Waals surface area contributed by atoms with Gasteiger partial charge in [0.1, 0.15) is 11.6 Å². The van der Waals surface area contributed by atoms with E-state index in [1.807, 2.05) is 0 Å². The predicted octanol–water partition coefficient (Wildman–Crippen LogP) is 0.781. The molecule has 92 valence electrons. The lowest BCUT2D eigenvalue weighted by Crippen LogP contribution is -2.51. The zero-order chi connectivity index (χ0) is 12.3. The molecule has 2 atom stereocenters. The molecular weight excluding hydrogens is 210 g/mol. The summed E-state index contributed by atoms with van der Waals surface area (Å²) in [6.07, 6.45) is 1.29. The van der Waals surface area contributed by atoms with Crippen LogP contribution in [0, 0.1) is 5.92 Å². The summed E-state index contributed by atoms with van der Waals surface area (Å²) in [5, 5.41) is 11.9. The summed E-state index contributed by atoms with van der Waals surface area (Å²) in [5.41, 5.74) is -0.584. The van der Waals surface area contributed by atoms with Crippen LogP contribution in [0.15, 0.2) is 0 Å². The van der Waals surface area contributed by atoms with Gasteiger partial charge in [0.15, 0.2) is 0 Å². The molecule has 2 N–H and O–H groups in total. The molecule has 0 unspecified atom stereocenters. The molecule has 1 rings (SSSR count). The van der Waals surface area contributed by atoms with Crippen molar-refractivity contribution in [2.24, 2.45) is 5.92 Å². The maximum Gasteiger partial charge on any atom is 0.324 e. The third-order valence-electron chi connectivity index (χ3n) is 2.44. The normalized spacial score (nSPS) is 26.2. The Bertz CT molecular complexity index is 282. The highest BCUT2D eigenvalue weighted by molar-refractivity contribution is 5.84. The Labute approximate surface area is 95.2 Å². The van der Waals surface area contributed by atoms with Gasteiger partial charge in [0.05, 0.1) is 5.92 Å². The van der Waals surface area contributed by atoms with E-state index in [1.54, 1.807) is 20.8 Å². The molecule has 5 nitrogen and oxygen atoms in total. The molecule has 1 aliphatic heterocycles. The largest absolute Gasteiger partial charge is 0.481 e. The van der Waals surface area contributed by atoms with Crippen LogP contribution in [-0.2, 0) is 14.3 Å². The van der Waals surface area contributed by atoms with Crippen molar-refractivity contribution in [1.29, 1.82) is 0 Å². The van der Waals surface area contributed by atoms with E-state index in [0.717, 1.165) is 6.42 Å². The van der Waals surface area contributed by atoms with Gasteiger partial charge in [0.2, 0.25) is 0 Å². The number of carbonyl (C=O) groups is 2. The fraction of sp³-hybridized carbons (Fsp3) is 0.818. The van der Waals surface area contributed by atoms with Crippen LogP contribution < -0.4 is 5.32 Å². The molecule has 1 saturated heterocycles. The molecule has 0 aromatic carbocycles. The van der Waals surface area contributed by atoms with Gasteiger partial charge >= 0.3 is 11.9 Å². The van der Waals surface area contributed by atoms with Crippen molar-refractivity contribution >= 4 is 11.9 Å². The van der Waals surface area contributed by atoms with E-state index in [9.17, 15) is 9.59 Å². The molecule has 0 saturated carbocycles. The number of nitrogens with one attached hydrogen (secondary N) is 1. The van der Waals surface area contributed by atoms with Crippen molar-refractivity contribution in [3.8, 4) is 0 Å². The Kier molecular flexibility index (Phi) is 3.91. The Balaban J connectivity index is 2.68. The maximum absolute atomic E-state index is 11.8. The summed E-state index contributed by atoms with van der Waals surface area (Å²) in [5.74, 6) is -2.09. The highest BCUT2D eigenvalue weighted by Gasteiger charge is 2.38. The lowest BCUT2D eigenvalue weighted by atomic mass is 9.91. The van der Waals surface area contributed by atoms with E-state index >= 15 is 0 Å². The molecule has 0 aromatic rings. The number of hydrogen-bond acceptors (Lipinski definition) is 4. The second-order valence-electron chi connectivity index (χ2n) is 5.05. The first-order valence-electron chi connectivity index (χ1n) is 5.50. The molecule has 1 heterocycles. The Morgan fingerprint density at radius 3 is 2.50 bits per heavy atom. The van der Waals surface area contributed by atoms with Gasteiger partial charge in [-0.2, -0.15) is 0 Å². The van der Waals surface area contributed by atoms with Crippen LogP contribution in [0.25, 0.3) is 0 Å². The lowest BCUT2D eigenvalue weighted by Gasteiger charge is -2.30. The third-order valence-corrected chi connectivity index (χ3v) is 2.44. The van der Waals surface area contributed by atoms with Crippen molar-refractivity contribution in [3.63, 3.8) is 0 Å². The lowest BCUT2D eigenvalue weighted by molar-refractivity contribution is -0.164. The first kappa shape index (κ1) is 13.0. The van der Waals surface area contributed by atoms with Crippen LogP contribution in [0.4, 0.5) is 0 Å². The SMILES string of the molecule is CC(C)(C)OC(=O)[C@@H]1NCCC[C@@H]1C(=O)O. The average molecular weight is 229 g/mol. The quantitative estimate of drug-likeness (QED) is 0.684. The van der Waals surface area contributed by atoms with Gasteiger partial charge in [0, 0.05) is 0 Å². The maximum atomic E-state index is 11.8. The zero-order valence-electron chi connectivity index (χ0n) is 9.95. The number of rotatable bonds is 2. The van der Waals surface area contributed by atoms with Crippen molar-refractivity contribution in [1.82, 2.24) is 5.32 Å². The molecule has 0 aromatic heterocycles. The van der Waals surface area contributed by atoms with E-state index in [1.165, 1.54) is 0 Å². The van der Waals surface area contributed by atoms with Gasteiger partial charge in [-0.15, -0.1) is 0 Å². The topological polar surface area (TPSA) is 75.6 Å². The van der Waals surface area contributed by atoms with Gasteiger partial charge < -0.3 is 15.2 Å². The molecule has 5 heteroatoms. The first-order chi connectivity index (χ1) is 7.31. The Morgan fingerprint density at radius 2 is 2.00 bits per heavy atom. The number of carboxylic acid groups (broad SMARTS) is 1. The van der Waals surface area contributed by atoms with Gasteiger partial charge in [-0.25, -0.2) is 0 Å². The van der Waals surface area contributed by atoms with Crippen LogP contribution in [0.5, 0.6) is 0 Å². The highest BCUT2D eigenvalue weighted by atomic mass is 16.6. The fourth-order valence-electron chi connectivity index (χ4n) is 1.77. The molecule has 0 spiro atoms. The van der Waals surface area contributed by atoms with E-state index in [4.69, 9.17) is 9.84 Å². The minimum absolute atomic E-state index is 0.473.